The summed E-state index contributed by atoms with van der Waals surface area (Å²) >= 11 is 5.41. The van der Waals surface area contributed by atoms with Crippen LogP contribution >= 0.6 is 67.8 Å². The Morgan fingerprint density at radius 2 is 1.32 bits per heavy atom. The minimum Gasteiger partial charge on any atom is -0.394 e. The average molecular weight is 779 g/mol. The summed E-state index contributed by atoms with van der Waals surface area (Å²) in [6.07, 6.45) is -2.60. The highest BCUT2D eigenvalue weighted by Gasteiger charge is 2.35. The molecule has 9 N–H and O–H groups in total. The van der Waals surface area contributed by atoms with E-state index in [0.29, 0.717) is 3.57 Å². The maximum Gasteiger partial charge on any atom is 0.256 e. The van der Waals surface area contributed by atoms with Crippen molar-refractivity contribution in [3.8, 4) is 0 Å². The third-order valence-corrected chi connectivity index (χ3v) is 7.63. The summed E-state index contributed by atoms with van der Waals surface area (Å²) in [4.78, 5) is 26.6. The number of benzene rings is 1. The molecule has 11 nitrogen and oxygen atoms in total. The van der Waals surface area contributed by atoms with Gasteiger partial charge in [0.1, 0.15) is 6.23 Å². The summed E-state index contributed by atoms with van der Waals surface area (Å²) < 4.78 is 0.744. The Morgan fingerprint density at radius 1 is 0.903 bits per heavy atom. The zero-order chi connectivity index (χ0) is 24.0. The summed E-state index contributed by atoms with van der Waals surface area (Å²) in [6, 6.07) is -2.28. The van der Waals surface area contributed by atoms with Gasteiger partial charge >= 0.3 is 0 Å². The lowest BCUT2D eigenvalue weighted by Crippen LogP contribution is -2.53. The predicted octanol–water partition coefficient (Wildman–Crippen LogP) is -1.14. The first-order chi connectivity index (χ1) is 14.5. The second-order valence-corrected chi connectivity index (χ2v) is 9.75. The van der Waals surface area contributed by atoms with Crippen LogP contribution in [0.4, 0.5) is 5.69 Å². The number of hydrogen-bond donors (Lipinski definition) is 8. The van der Waals surface area contributed by atoms with E-state index >= 15 is 0 Å². The first-order valence-electron chi connectivity index (χ1n) is 8.87. The normalized spacial score (nSPS) is 13.4. The van der Waals surface area contributed by atoms with Gasteiger partial charge in [0, 0.05) is 3.57 Å². The Morgan fingerprint density at radius 3 is 1.68 bits per heavy atom. The maximum atomic E-state index is 13.5. The molecule has 0 spiro atoms. The van der Waals surface area contributed by atoms with Gasteiger partial charge in [0.2, 0.25) is 0 Å². The molecule has 14 heteroatoms. The molecule has 176 valence electrons. The summed E-state index contributed by atoms with van der Waals surface area (Å²) in [7, 11) is 0. The second kappa shape index (κ2) is 13.0. The number of nitrogens with zero attached hydrogens (tertiary/aromatic N) is 1. The molecule has 2 atom stereocenters. The third kappa shape index (κ3) is 6.49. The molecule has 0 saturated carbocycles. The molecule has 0 radical (unpaired) electrons. The van der Waals surface area contributed by atoms with Crippen LogP contribution in [0.1, 0.15) is 27.6 Å². The molecule has 0 fully saturated rings. The number of amides is 2. The van der Waals surface area contributed by atoms with E-state index in [9.17, 15) is 40.2 Å². The van der Waals surface area contributed by atoms with E-state index in [1.807, 2.05) is 45.2 Å². The average Bonchev–Trinajstić information content (AvgIpc) is 2.70. The number of aliphatic hydroxyl groups excluding tert-OH is 6. The molecule has 0 aliphatic heterocycles. The minimum absolute atomic E-state index is 0.0145. The fourth-order valence-electron chi connectivity index (χ4n) is 2.69. The highest BCUT2D eigenvalue weighted by atomic mass is 127. The molecule has 0 heterocycles. The highest BCUT2D eigenvalue weighted by molar-refractivity contribution is 14.1. The number of nitrogens with two attached hydrogens (primary N) is 1. The number of carbonyl (C=O) groups is 2. The zero-order valence-electron chi connectivity index (χ0n) is 16.3. The van der Waals surface area contributed by atoms with E-state index in [1.165, 1.54) is 6.92 Å². The minimum atomic E-state index is -1.42. The molecule has 0 aliphatic rings. The number of anilines is 1. The quantitative estimate of drug-likeness (QED) is 0.101. The molecular weight excluding hydrogens is 755 g/mol. The van der Waals surface area contributed by atoms with E-state index in [0.717, 1.165) is 4.90 Å². The van der Waals surface area contributed by atoms with Crippen molar-refractivity contribution >= 4 is 85.3 Å². The lowest BCUT2D eigenvalue weighted by molar-refractivity contribution is 0.00527. The zero-order valence-corrected chi connectivity index (χ0v) is 22.8. The van der Waals surface area contributed by atoms with Crippen molar-refractivity contribution in [3.63, 3.8) is 0 Å². The molecule has 0 aliphatic carbocycles. The number of carbonyl (C=O) groups excluding carboxylic acids is 2. The van der Waals surface area contributed by atoms with Gasteiger partial charge in [-0.1, -0.05) is 0 Å². The number of hydrogen-bond acceptors (Lipinski definition) is 9. The van der Waals surface area contributed by atoms with E-state index in [1.54, 1.807) is 22.6 Å². The standard InChI is InChI=1S/C17H24I3N3O8/c1-6(28)16(30)22-14-12(19)9(15(21)29)11(18)10(13(14)20)17(31)23(7(2-24)3-25)8(4-26)5-27/h6-8,16,22,24-28,30H,2-5H2,1H3,(H2,21,29). The lowest BCUT2D eigenvalue weighted by Gasteiger charge is -2.36. The summed E-state index contributed by atoms with van der Waals surface area (Å²) in [5.74, 6) is -1.63. The predicted molar refractivity (Wildman–Crippen MR) is 137 cm³/mol. The number of nitrogens with one attached hydrogen (secondary N) is 1. The van der Waals surface area contributed by atoms with Gasteiger partial charge in [-0.15, -0.1) is 0 Å². The van der Waals surface area contributed by atoms with Crippen LogP contribution in [-0.2, 0) is 0 Å². The van der Waals surface area contributed by atoms with Crippen molar-refractivity contribution < 1.29 is 40.2 Å². The SMILES string of the molecule is CC(O)C(O)Nc1c(I)c(C(N)=O)c(I)c(C(=O)N(C(CO)CO)C(CO)CO)c1I. The first kappa shape index (κ1) is 28.9. The van der Waals surface area contributed by atoms with Gasteiger partial charge < -0.3 is 46.6 Å². The van der Waals surface area contributed by atoms with E-state index in [-0.39, 0.29) is 24.0 Å². The van der Waals surface area contributed by atoms with E-state index in [4.69, 9.17) is 5.73 Å². The molecule has 0 aromatic heterocycles. The lowest BCUT2D eigenvalue weighted by atomic mass is 10.0. The van der Waals surface area contributed by atoms with Gasteiger partial charge in [-0.25, -0.2) is 0 Å². The topological polar surface area (TPSA) is 197 Å². The smallest absolute Gasteiger partial charge is 0.256 e. The van der Waals surface area contributed by atoms with Crippen LogP contribution in [0.2, 0.25) is 0 Å². The fraction of sp³-hybridized carbons (Fsp3) is 0.529. The Bertz CT molecular complexity index is 792. The van der Waals surface area contributed by atoms with Gasteiger partial charge in [0.05, 0.1) is 68.6 Å². The van der Waals surface area contributed by atoms with Crippen molar-refractivity contribution in [1.82, 2.24) is 4.90 Å². The summed E-state index contributed by atoms with van der Waals surface area (Å²) in [6.45, 7) is -1.25. The van der Waals surface area contributed by atoms with Crippen molar-refractivity contribution in [1.29, 1.82) is 0 Å². The molecular formula is C17H24I3N3O8. The van der Waals surface area contributed by atoms with Crippen LogP contribution < -0.4 is 11.1 Å². The van der Waals surface area contributed by atoms with Crippen LogP contribution in [0, 0.1) is 10.7 Å². The Kier molecular flexibility index (Phi) is 12.1. The Balaban J connectivity index is 3.83. The van der Waals surface area contributed by atoms with Crippen molar-refractivity contribution in [2.24, 2.45) is 5.73 Å². The van der Waals surface area contributed by atoms with Crippen molar-refractivity contribution in [2.75, 3.05) is 31.7 Å². The van der Waals surface area contributed by atoms with Crippen molar-refractivity contribution in [2.45, 2.75) is 31.3 Å². The van der Waals surface area contributed by atoms with Crippen molar-refractivity contribution in [3.05, 3.63) is 21.8 Å². The Labute approximate surface area is 219 Å². The third-order valence-electron chi connectivity index (χ3n) is 4.39. The monoisotopic (exact) mass is 779 g/mol. The van der Waals surface area contributed by atoms with E-state index < -0.39 is 62.7 Å². The summed E-state index contributed by atoms with van der Waals surface area (Å²) in [5.41, 5.74) is 5.63. The molecule has 1 rings (SSSR count). The van der Waals surface area contributed by atoms with Crippen LogP contribution in [0.25, 0.3) is 0 Å². The van der Waals surface area contributed by atoms with E-state index in [2.05, 4.69) is 5.32 Å². The van der Waals surface area contributed by atoms with Crippen LogP contribution in [-0.4, -0.2) is 98.2 Å². The first-order valence-corrected chi connectivity index (χ1v) is 12.1. The molecule has 0 bridgehead atoms. The molecule has 0 saturated heterocycles. The second-order valence-electron chi connectivity index (χ2n) is 6.51. The molecule has 2 amide bonds. The maximum absolute atomic E-state index is 13.5. The van der Waals surface area contributed by atoms with Gasteiger partial charge in [0.25, 0.3) is 11.8 Å². The van der Waals surface area contributed by atoms with Crippen LogP contribution in [0.3, 0.4) is 0 Å². The number of primary amides is 1. The number of aliphatic hydroxyl groups is 6. The highest BCUT2D eigenvalue weighted by Crippen LogP contribution is 2.37. The van der Waals surface area contributed by atoms with Gasteiger partial charge in [-0.3, -0.25) is 9.59 Å². The summed E-state index contributed by atoms with van der Waals surface area (Å²) in [5, 5.41) is 60.9. The molecule has 1 aromatic carbocycles. The number of rotatable bonds is 11. The van der Waals surface area contributed by atoms with Gasteiger partial charge in [-0.05, 0) is 74.7 Å². The van der Waals surface area contributed by atoms with Gasteiger partial charge in [-0.2, -0.15) is 0 Å². The van der Waals surface area contributed by atoms with Crippen LogP contribution in [0.5, 0.6) is 0 Å². The van der Waals surface area contributed by atoms with Gasteiger partial charge in [0.15, 0.2) is 0 Å². The number of halogens is 3. The molecule has 31 heavy (non-hydrogen) atoms. The fourth-order valence-corrected chi connectivity index (χ4v) is 7.16. The molecule has 1 aromatic rings. The molecule has 2 unspecified atom stereocenters. The largest absolute Gasteiger partial charge is 0.394 e. The van der Waals surface area contributed by atoms with Crippen LogP contribution in [0.15, 0.2) is 0 Å². The Hall–Kier alpha value is -0.0900.